The summed E-state index contributed by atoms with van der Waals surface area (Å²) in [5.74, 6) is -1.82. The summed E-state index contributed by atoms with van der Waals surface area (Å²) in [6, 6.07) is 12.7. The molecule has 4 N–H and O–H groups in total. The van der Waals surface area contributed by atoms with E-state index >= 15 is 0 Å². The van der Waals surface area contributed by atoms with Crippen molar-refractivity contribution < 1.29 is 25.4 Å². The summed E-state index contributed by atoms with van der Waals surface area (Å²) < 4.78 is 0.819. The largest absolute Gasteiger partial charge is 0.507 e. The highest BCUT2D eigenvalue weighted by atomic mass is 79.9. The van der Waals surface area contributed by atoms with Gasteiger partial charge in [-0.25, -0.2) is 10.2 Å². The number of aliphatic hydroxyl groups excluding tert-OH is 1. The molecule has 2 aromatic carbocycles. The van der Waals surface area contributed by atoms with Crippen LogP contribution in [0, 0.1) is 0 Å². The number of quaternary nitrogens is 1. The lowest BCUT2D eigenvalue weighted by atomic mass is 9.95. The van der Waals surface area contributed by atoms with Crippen LogP contribution in [0.15, 0.2) is 70.2 Å². The fourth-order valence-electron chi connectivity index (χ4n) is 3.25. The normalized spacial score (nSPS) is 18.4. The lowest BCUT2D eigenvalue weighted by molar-refractivity contribution is -0.825. The fourth-order valence-corrected chi connectivity index (χ4v) is 4.18. The van der Waals surface area contributed by atoms with Crippen molar-refractivity contribution in [1.29, 1.82) is 0 Å². The smallest absolute Gasteiger partial charge is 0.301 e. The van der Waals surface area contributed by atoms with Crippen molar-refractivity contribution >= 4 is 55.5 Å². The van der Waals surface area contributed by atoms with Crippen LogP contribution in [0.1, 0.15) is 17.2 Å². The van der Waals surface area contributed by atoms with E-state index < -0.39 is 17.7 Å². The van der Waals surface area contributed by atoms with Crippen molar-refractivity contribution in [3.63, 3.8) is 0 Å². The minimum Gasteiger partial charge on any atom is -0.507 e. The molecule has 0 radical (unpaired) electrons. The first kappa shape index (κ1) is 19.5. The quantitative estimate of drug-likeness (QED) is 0.178. The van der Waals surface area contributed by atoms with Crippen molar-refractivity contribution in [1.82, 2.24) is 4.98 Å². The average molecular weight is 473 g/mol. The third kappa shape index (κ3) is 3.49. The number of hydrogen-bond donors (Lipinski definition) is 3. The number of nitrogens with two attached hydrogens (primary N) is 1. The highest BCUT2D eigenvalue weighted by Gasteiger charge is 2.48. The maximum atomic E-state index is 12.9. The molecule has 1 unspecified atom stereocenters. The SMILES string of the molecule is O=C1C(=O)N(c2nccs2)C(c2cccc([NH2+]O)c2)/C1=C(\O)c1ccc(Br)cc1. The number of carbonyl (C=O) groups excluding carboxylic acids is 2. The van der Waals surface area contributed by atoms with Gasteiger partial charge in [0.25, 0.3) is 5.78 Å². The molecule has 1 saturated heterocycles. The van der Waals surface area contributed by atoms with E-state index in [0.717, 1.165) is 9.95 Å². The number of Topliss-reactive ketones (excluding diaryl/α,β-unsaturated/α-hetero) is 1. The second-order valence-electron chi connectivity index (χ2n) is 6.29. The van der Waals surface area contributed by atoms with Crippen LogP contribution in [0.4, 0.5) is 10.8 Å². The molecule has 29 heavy (non-hydrogen) atoms. The Hall–Kier alpha value is -2.85. The third-order valence-electron chi connectivity index (χ3n) is 4.56. The Morgan fingerprint density at radius 1 is 1.17 bits per heavy atom. The molecular weight excluding hydrogens is 458 g/mol. The predicted octanol–water partition coefficient (Wildman–Crippen LogP) is 3.12. The van der Waals surface area contributed by atoms with Gasteiger partial charge in [0.2, 0.25) is 0 Å². The van der Waals surface area contributed by atoms with Gasteiger partial charge in [-0.2, -0.15) is 5.48 Å². The van der Waals surface area contributed by atoms with Gasteiger partial charge in [-0.1, -0.05) is 40.2 Å². The van der Waals surface area contributed by atoms with E-state index in [9.17, 15) is 19.9 Å². The number of aliphatic hydroxyl groups is 1. The summed E-state index contributed by atoms with van der Waals surface area (Å²) in [6.45, 7) is 0. The van der Waals surface area contributed by atoms with Gasteiger partial charge in [-0.3, -0.25) is 14.5 Å². The zero-order valence-electron chi connectivity index (χ0n) is 14.8. The minimum atomic E-state index is -0.871. The topological polar surface area (TPSA) is 107 Å². The van der Waals surface area contributed by atoms with E-state index in [2.05, 4.69) is 20.9 Å². The van der Waals surface area contributed by atoms with Gasteiger partial charge in [0.15, 0.2) is 10.8 Å². The Balaban J connectivity index is 1.94. The molecule has 1 aliphatic rings. The minimum absolute atomic E-state index is 0.0254. The van der Waals surface area contributed by atoms with Gasteiger partial charge < -0.3 is 5.11 Å². The summed E-state index contributed by atoms with van der Waals surface area (Å²) in [7, 11) is 0. The Morgan fingerprint density at radius 3 is 2.59 bits per heavy atom. The average Bonchev–Trinajstić information content (AvgIpc) is 3.35. The highest BCUT2D eigenvalue weighted by molar-refractivity contribution is 9.10. The lowest BCUT2D eigenvalue weighted by Gasteiger charge is -2.23. The van der Waals surface area contributed by atoms with Crippen molar-refractivity contribution in [3.8, 4) is 0 Å². The summed E-state index contributed by atoms with van der Waals surface area (Å²) in [5.41, 5.74) is 2.41. The number of amides is 1. The maximum absolute atomic E-state index is 12.9. The Labute approximate surface area is 178 Å². The Kier molecular flexibility index (Phi) is 5.29. The molecule has 146 valence electrons. The Morgan fingerprint density at radius 2 is 1.93 bits per heavy atom. The van der Waals surface area contributed by atoms with Crippen LogP contribution in [0.2, 0.25) is 0 Å². The van der Waals surface area contributed by atoms with E-state index in [0.29, 0.717) is 21.9 Å². The molecule has 1 fully saturated rings. The number of nitrogens with zero attached hydrogens (tertiary/aromatic N) is 2. The number of aromatic nitrogens is 1. The first-order valence-electron chi connectivity index (χ1n) is 8.55. The standard InChI is InChI=1S/C20H14BrN3O4S/c21-13-6-4-11(5-7-13)17(25)15-16(12-2-1-3-14(10-12)23-28)24(19(27)18(15)26)20-22-8-9-29-20/h1-10,16,23,25,28H/p+1/b17-15+. The van der Waals surface area contributed by atoms with Gasteiger partial charge in [0.1, 0.15) is 5.76 Å². The first-order valence-corrected chi connectivity index (χ1v) is 10.2. The zero-order valence-corrected chi connectivity index (χ0v) is 17.2. The number of thiazole rings is 1. The number of halogens is 1. The van der Waals surface area contributed by atoms with E-state index in [4.69, 9.17) is 0 Å². The summed E-state index contributed by atoms with van der Waals surface area (Å²) in [6.07, 6.45) is 1.54. The van der Waals surface area contributed by atoms with Crippen molar-refractivity contribution in [2.24, 2.45) is 0 Å². The molecule has 7 nitrogen and oxygen atoms in total. The number of hydrogen-bond acceptors (Lipinski definition) is 6. The number of rotatable bonds is 4. The second-order valence-corrected chi connectivity index (χ2v) is 8.08. The maximum Gasteiger partial charge on any atom is 0.301 e. The van der Waals surface area contributed by atoms with Crippen LogP contribution in [-0.4, -0.2) is 27.0 Å². The Bertz CT molecular complexity index is 1110. The van der Waals surface area contributed by atoms with E-state index in [-0.39, 0.29) is 11.3 Å². The first-order chi connectivity index (χ1) is 14.0. The van der Waals surface area contributed by atoms with Gasteiger partial charge in [-0.15, -0.1) is 11.3 Å². The lowest BCUT2D eigenvalue weighted by Crippen LogP contribution is -2.73. The number of anilines is 1. The number of carbonyl (C=O) groups is 2. The zero-order chi connectivity index (χ0) is 20.5. The van der Waals surface area contributed by atoms with Crippen LogP contribution in [0.5, 0.6) is 0 Å². The summed E-state index contributed by atoms with van der Waals surface area (Å²) in [5, 5.41) is 22.4. The fraction of sp³-hybridized carbons (Fsp3) is 0.0500. The third-order valence-corrected chi connectivity index (χ3v) is 5.86. The molecule has 1 amide bonds. The van der Waals surface area contributed by atoms with Crippen LogP contribution in [0.3, 0.4) is 0 Å². The second kappa shape index (κ2) is 7.88. The molecule has 1 aromatic heterocycles. The molecule has 0 bridgehead atoms. The molecular formula is C20H15BrN3O4S+. The van der Waals surface area contributed by atoms with Crippen LogP contribution in [0.25, 0.3) is 5.76 Å². The van der Waals surface area contributed by atoms with Gasteiger partial charge in [-0.05, 0) is 17.7 Å². The van der Waals surface area contributed by atoms with Gasteiger partial charge in [0, 0.05) is 33.7 Å². The van der Waals surface area contributed by atoms with Crippen molar-refractivity contribution in [2.45, 2.75) is 6.04 Å². The van der Waals surface area contributed by atoms with Crippen LogP contribution >= 0.6 is 27.3 Å². The molecule has 0 spiro atoms. The molecule has 2 heterocycles. The van der Waals surface area contributed by atoms with Gasteiger partial charge >= 0.3 is 5.91 Å². The number of benzene rings is 2. The van der Waals surface area contributed by atoms with Gasteiger partial charge in [0.05, 0.1) is 11.6 Å². The molecule has 1 aliphatic heterocycles. The monoisotopic (exact) mass is 472 g/mol. The van der Waals surface area contributed by atoms with Crippen LogP contribution in [-0.2, 0) is 9.59 Å². The highest BCUT2D eigenvalue weighted by Crippen LogP contribution is 2.42. The summed E-state index contributed by atoms with van der Waals surface area (Å²) >= 11 is 4.56. The number of ketones is 1. The molecule has 3 aromatic rings. The van der Waals surface area contributed by atoms with Crippen LogP contribution < -0.4 is 10.4 Å². The van der Waals surface area contributed by atoms with Crippen molar-refractivity contribution in [3.05, 3.63) is 81.3 Å². The molecule has 0 saturated carbocycles. The molecule has 0 aliphatic carbocycles. The van der Waals surface area contributed by atoms with Crippen molar-refractivity contribution in [2.75, 3.05) is 4.90 Å². The summed E-state index contributed by atoms with van der Waals surface area (Å²) in [4.78, 5) is 31.3. The predicted molar refractivity (Wildman–Crippen MR) is 111 cm³/mol. The van der Waals surface area contributed by atoms with E-state index in [1.807, 2.05) is 0 Å². The van der Waals surface area contributed by atoms with E-state index in [1.54, 1.807) is 60.1 Å². The van der Waals surface area contributed by atoms with E-state index in [1.165, 1.54) is 16.2 Å². The molecule has 4 rings (SSSR count). The molecule has 9 heteroatoms. The molecule has 1 atom stereocenters.